The summed E-state index contributed by atoms with van der Waals surface area (Å²) in [5, 5.41) is 14.8. The van der Waals surface area contributed by atoms with Gasteiger partial charge in [-0.05, 0) is 48.5 Å². The Balaban J connectivity index is 1.38. The molecule has 4 aromatic rings. The third-order valence-corrected chi connectivity index (χ3v) is 5.31. The van der Waals surface area contributed by atoms with E-state index < -0.39 is 0 Å². The Kier molecular flexibility index (Phi) is 6.00. The minimum Gasteiger partial charge on any atom is -0.497 e. The van der Waals surface area contributed by atoms with Gasteiger partial charge < -0.3 is 10.1 Å². The first kappa shape index (κ1) is 20.2. The van der Waals surface area contributed by atoms with Crippen molar-refractivity contribution in [3.05, 3.63) is 90.0 Å². The number of hydrogen-bond acceptors (Lipinski definition) is 6. The highest BCUT2D eigenvalue weighted by molar-refractivity contribution is 7.18. The van der Waals surface area contributed by atoms with Gasteiger partial charge in [0.05, 0.1) is 7.11 Å². The lowest BCUT2D eigenvalue weighted by Gasteiger charge is -2.07. The molecule has 7 nitrogen and oxygen atoms in total. The zero-order valence-electron chi connectivity index (χ0n) is 16.5. The minimum absolute atomic E-state index is 0.248. The van der Waals surface area contributed by atoms with Gasteiger partial charge in [0.2, 0.25) is 5.13 Å². The molecule has 8 heteroatoms. The number of nitrogens with zero attached hydrogens (tertiary/aromatic N) is 2. The van der Waals surface area contributed by atoms with Crippen molar-refractivity contribution in [1.82, 2.24) is 10.2 Å². The van der Waals surface area contributed by atoms with Crippen LogP contribution in [-0.2, 0) is 0 Å². The number of aromatic nitrogens is 2. The van der Waals surface area contributed by atoms with Gasteiger partial charge in [-0.3, -0.25) is 14.9 Å². The highest BCUT2D eigenvalue weighted by Gasteiger charge is 2.12. The molecule has 4 rings (SSSR count). The van der Waals surface area contributed by atoms with Gasteiger partial charge in [-0.2, -0.15) is 0 Å². The Morgan fingerprint density at radius 2 is 1.39 bits per heavy atom. The molecular weight excluding hydrogens is 412 g/mol. The predicted molar refractivity (Wildman–Crippen MR) is 121 cm³/mol. The van der Waals surface area contributed by atoms with Gasteiger partial charge in [-0.25, -0.2) is 0 Å². The minimum atomic E-state index is -0.302. The van der Waals surface area contributed by atoms with Crippen LogP contribution in [0.3, 0.4) is 0 Å². The molecule has 0 aliphatic carbocycles. The SMILES string of the molecule is COc1ccc(C(=O)Nc2ccc(C(=O)Nc3nnc(-c4ccccc4)s3)cc2)cc1. The van der Waals surface area contributed by atoms with E-state index in [9.17, 15) is 9.59 Å². The van der Waals surface area contributed by atoms with E-state index in [1.165, 1.54) is 11.3 Å². The molecule has 0 spiro atoms. The van der Waals surface area contributed by atoms with Crippen LogP contribution in [0.1, 0.15) is 20.7 Å². The highest BCUT2D eigenvalue weighted by atomic mass is 32.1. The van der Waals surface area contributed by atoms with Crippen LogP contribution < -0.4 is 15.4 Å². The molecule has 0 saturated carbocycles. The summed E-state index contributed by atoms with van der Waals surface area (Å²) in [5.41, 5.74) is 2.48. The standard InChI is InChI=1S/C23H18N4O3S/c1-30-19-13-9-16(10-14-19)20(28)24-18-11-7-15(8-12-18)21(29)25-23-27-26-22(31-23)17-5-3-2-4-6-17/h2-14H,1H3,(H,24,28)(H,25,27,29). The third kappa shape index (κ3) is 4.93. The van der Waals surface area contributed by atoms with E-state index in [2.05, 4.69) is 20.8 Å². The van der Waals surface area contributed by atoms with Crippen LogP contribution in [0.25, 0.3) is 10.6 Å². The van der Waals surface area contributed by atoms with E-state index in [1.807, 2.05) is 30.3 Å². The van der Waals surface area contributed by atoms with Crippen molar-refractivity contribution < 1.29 is 14.3 Å². The number of hydrogen-bond donors (Lipinski definition) is 2. The number of nitrogens with one attached hydrogen (secondary N) is 2. The van der Waals surface area contributed by atoms with Gasteiger partial charge in [-0.15, -0.1) is 10.2 Å². The van der Waals surface area contributed by atoms with Crippen molar-refractivity contribution in [3.63, 3.8) is 0 Å². The summed E-state index contributed by atoms with van der Waals surface area (Å²) in [6.45, 7) is 0. The third-order valence-electron chi connectivity index (χ3n) is 4.42. The molecule has 0 radical (unpaired) electrons. The lowest BCUT2D eigenvalue weighted by atomic mass is 10.1. The molecule has 3 aromatic carbocycles. The molecule has 0 fully saturated rings. The van der Waals surface area contributed by atoms with Crippen LogP contribution in [-0.4, -0.2) is 29.1 Å². The van der Waals surface area contributed by atoms with Crippen LogP contribution in [0.15, 0.2) is 78.9 Å². The Morgan fingerprint density at radius 3 is 2.03 bits per heavy atom. The van der Waals surface area contributed by atoms with E-state index >= 15 is 0 Å². The average Bonchev–Trinajstić information content (AvgIpc) is 3.28. The molecule has 0 aliphatic rings. The van der Waals surface area contributed by atoms with Crippen LogP contribution >= 0.6 is 11.3 Å². The van der Waals surface area contributed by atoms with Crippen LogP contribution in [0.2, 0.25) is 0 Å². The Labute approximate surface area is 182 Å². The number of methoxy groups -OCH3 is 1. The number of ether oxygens (including phenoxy) is 1. The maximum absolute atomic E-state index is 12.5. The summed E-state index contributed by atoms with van der Waals surface area (Å²) in [4.78, 5) is 24.9. The molecule has 0 unspecified atom stereocenters. The van der Waals surface area contributed by atoms with Crippen LogP contribution in [0.5, 0.6) is 5.75 Å². The molecule has 2 N–H and O–H groups in total. The molecule has 1 heterocycles. The average molecular weight is 430 g/mol. The maximum atomic E-state index is 12.5. The summed E-state index contributed by atoms with van der Waals surface area (Å²) >= 11 is 1.30. The second kappa shape index (κ2) is 9.19. The van der Waals surface area contributed by atoms with Crippen LogP contribution in [0.4, 0.5) is 10.8 Å². The number of carbonyl (C=O) groups excluding carboxylic acids is 2. The van der Waals surface area contributed by atoms with E-state index in [-0.39, 0.29) is 11.8 Å². The first-order chi connectivity index (χ1) is 15.1. The molecule has 31 heavy (non-hydrogen) atoms. The van der Waals surface area contributed by atoms with Crippen molar-refractivity contribution in [2.24, 2.45) is 0 Å². The van der Waals surface area contributed by atoms with Crippen molar-refractivity contribution >= 4 is 34.0 Å². The fraction of sp³-hybridized carbons (Fsp3) is 0.0435. The first-order valence-electron chi connectivity index (χ1n) is 9.38. The summed E-state index contributed by atoms with van der Waals surface area (Å²) in [6.07, 6.45) is 0. The second-order valence-electron chi connectivity index (χ2n) is 6.49. The number of anilines is 2. The summed E-state index contributed by atoms with van der Waals surface area (Å²) in [7, 11) is 1.57. The number of rotatable bonds is 6. The largest absolute Gasteiger partial charge is 0.497 e. The monoisotopic (exact) mass is 430 g/mol. The first-order valence-corrected chi connectivity index (χ1v) is 10.2. The van der Waals surface area contributed by atoms with E-state index in [0.29, 0.717) is 27.7 Å². The zero-order chi connectivity index (χ0) is 21.6. The quantitative estimate of drug-likeness (QED) is 0.462. The maximum Gasteiger partial charge on any atom is 0.257 e. The topological polar surface area (TPSA) is 93.2 Å². The molecule has 1 aromatic heterocycles. The fourth-order valence-corrected chi connectivity index (χ4v) is 3.54. The fourth-order valence-electron chi connectivity index (χ4n) is 2.79. The second-order valence-corrected chi connectivity index (χ2v) is 7.47. The normalized spacial score (nSPS) is 10.4. The Morgan fingerprint density at radius 1 is 0.774 bits per heavy atom. The van der Waals surface area contributed by atoms with Gasteiger partial charge in [-0.1, -0.05) is 41.7 Å². The molecule has 2 amide bonds. The molecular formula is C23H18N4O3S. The molecule has 0 atom stereocenters. The Bertz CT molecular complexity index is 1190. The summed E-state index contributed by atoms with van der Waals surface area (Å²) in [6, 6.07) is 23.1. The summed E-state index contributed by atoms with van der Waals surface area (Å²) in [5.74, 6) is 0.129. The Hall–Kier alpha value is -4.04. The molecule has 0 aliphatic heterocycles. The van der Waals surface area contributed by atoms with Gasteiger partial charge >= 0.3 is 0 Å². The van der Waals surface area contributed by atoms with E-state index in [1.54, 1.807) is 55.6 Å². The molecule has 154 valence electrons. The van der Waals surface area contributed by atoms with E-state index in [0.717, 1.165) is 10.6 Å². The zero-order valence-corrected chi connectivity index (χ0v) is 17.3. The number of carbonyl (C=O) groups is 2. The van der Waals surface area contributed by atoms with Gasteiger partial charge in [0.15, 0.2) is 0 Å². The van der Waals surface area contributed by atoms with Gasteiger partial charge in [0, 0.05) is 22.4 Å². The van der Waals surface area contributed by atoms with Crippen molar-refractivity contribution in [2.45, 2.75) is 0 Å². The highest BCUT2D eigenvalue weighted by Crippen LogP contribution is 2.26. The lowest BCUT2D eigenvalue weighted by Crippen LogP contribution is -2.13. The lowest BCUT2D eigenvalue weighted by molar-refractivity contribution is 0.102. The number of amides is 2. The predicted octanol–water partition coefficient (Wildman–Crippen LogP) is 4.72. The van der Waals surface area contributed by atoms with Crippen molar-refractivity contribution in [2.75, 3.05) is 17.7 Å². The van der Waals surface area contributed by atoms with Crippen LogP contribution in [0, 0.1) is 0 Å². The number of benzene rings is 3. The molecule has 0 saturated heterocycles. The van der Waals surface area contributed by atoms with Gasteiger partial charge in [0.1, 0.15) is 10.8 Å². The van der Waals surface area contributed by atoms with Crippen molar-refractivity contribution in [1.29, 1.82) is 0 Å². The van der Waals surface area contributed by atoms with Crippen molar-refractivity contribution in [3.8, 4) is 16.3 Å². The van der Waals surface area contributed by atoms with E-state index in [4.69, 9.17) is 4.74 Å². The smallest absolute Gasteiger partial charge is 0.257 e. The van der Waals surface area contributed by atoms with Gasteiger partial charge in [0.25, 0.3) is 11.8 Å². The molecule has 0 bridgehead atoms. The summed E-state index contributed by atoms with van der Waals surface area (Å²) < 4.78 is 5.09.